The molecule has 0 saturated heterocycles. The summed E-state index contributed by atoms with van der Waals surface area (Å²) in [6.45, 7) is 0. The molecule has 0 bridgehead atoms. The molecule has 0 saturated carbocycles. The Morgan fingerprint density at radius 3 is 1.40 bits per heavy atom. The van der Waals surface area contributed by atoms with Crippen LogP contribution in [-0.2, 0) is 6.42 Å². The standard InChI is InChI=1S/C22H17N3/c1-4-10-17(11-5-1)16-20-23-21(18-12-6-2-7-13-18)25-22(24-20)19-14-8-3-9-15-19/h1-15H,16H2. The summed E-state index contributed by atoms with van der Waals surface area (Å²) < 4.78 is 0. The van der Waals surface area contributed by atoms with Gasteiger partial charge < -0.3 is 0 Å². The normalized spacial score (nSPS) is 10.6. The predicted molar refractivity (Wildman–Crippen MR) is 99.9 cm³/mol. The van der Waals surface area contributed by atoms with Gasteiger partial charge in [-0.1, -0.05) is 91.0 Å². The number of benzene rings is 3. The molecule has 0 spiro atoms. The van der Waals surface area contributed by atoms with Crippen molar-refractivity contribution < 1.29 is 0 Å². The van der Waals surface area contributed by atoms with Crippen LogP contribution in [0.5, 0.6) is 0 Å². The summed E-state index contributed by atoms with van der Waals surface area (Å²) in [4.78, 5) is 14.1. The van der Waals surface area contributed by atoms with E-state index in [9.17, 15) is 0 Å². The number of aromatic nitrogens is 3. The van der Waals surface area contributed by atoms with Gasteiger partial charge in [0.05, 0.1) is 0 Å². The first-order valence-electron chi connectivity index (χ1n) is 8.28. The van der Waals surface area contributed by atoms with Crippen LogP contribution in [0.3, 0.4) is 0 Å². The molecule has 25 heavy (non-hydrogen) atoms. The molecule has 4 aromatic rings. The van der Waals surface area contributed by atoms with E-state index >= 15 is 0 Å². The van der Waals surface area contributed by atoms with E-state index in [0.29, 0.717) is 18.1 Å². The summed E-state index contributed by atoms with van der Waals surface area (Å²) >= 11 is 0. The number of hydrogen-bond acceptors (Lipinski definition) is 3. The molecule has 120 valence electrons. The van der Waals surface area contributed by atoms with E-state index in [0.717, 1.165) is 17.0 Å². The first kappa shape index (κ1) is 15.2. The lowest BCUT2D eigenvalue weighted by Crippen LogP contribution is -2.03. The number of nitrogens with zero attached hydrogens (tertiary/aromatic N) is 3. The monoisotopic (exact) mass is 323 g/mol. The van der Waals surface area contributed by atoms with Crippen LogP contribution < -0.4 is 0 Å². The van der Waals surface area contributed by atoms with E-state index in [-0.39, 0.29) is 0 Å². The molecule has 4 rings (SSSR count). The van der Waals surface area contributed by atoms with Crippen molar-refractivity contribution in [2.75, 3.05) is 0 Å². The Hall–Kier alpha value is -3.33. The van der Waals surface area contributed by atoms with Crippen LogP contribution in [0.1, 0.15) is 11.4 Å². The maximum atomic E-state index is 4.70. The van der Waals surface area contributed by atoms with E-state index in [4.69, 9.17) is 15.0 Å². The quantitative estimate of drug-likeness (QED) is 0.541. The molecule has 0 aliphatic carbocycles. The fraction of sp³-hybridized carbons (Fsp3) is 0.0455. The highest BCUT2D eigenvalue weighted by Gasteiger charge is 2.10. The van der Waals surface area contributed by atoms with Crippen LogP contribution in [0.25, 0.3) is 22.8 Å². The molecule has 0 N–H and O–H groups in total. The topological polar surface area (TPSA) is 38.7 Å². The van der Waals surface area contributed by atoms with Gasteiger partial charge >= 0.3 is 0 Å². The number of rotatable bonds is 4. The lowest BCUT2D eigenvalue weighted by molar-refractivity contribution is 0.932. The molecule has 0 fully saturated rings. The molecule has 0 aliphatic heterocycles. The second-order valence-electron chi connectivity index (χ2n) is 5.79. The Kier molecular flexibility index (Phi) is 4.29. The summed E-state index contributed by atoms with van der Waals surface area (Å²) in [6.07, 6.45) is 0.684. The minimum Gasteiger partial charge on any atom is -0.213 e. The maximum Gasteiger partial charge on any atom is 0.163 e. The van der Waals surface area contributed by atoms with Gasteiger partial charge in [0.1, 0.15) is 5.82 Å². The first-order valence-corrected chi connectivity index (χ1v) is 8.28. The Morgan fingerprint density at radius 2 is 0.920 bits per heavy atom. The summed E-state index contributed by atoms with van der Waals surface area (Å²) in [5.74, 6) is 2.19. The third-order valence-electron chi connectivity index (χ3n) is 3.95. The van der Waals surface area contributed by atoms with Gasteiger partial charge in [-0.3, -0.25) is 0 Å². The average molecular weight is 323 g/mol. The molecule has 3 nitrogen and oxygen atoms in total. The first-order chi connectivity index (χ1) is 12.4. The van der Waals surface area contributed by atoms with E-state index in [1.165, 1.54) is 5.56 Å². The van der Waals surface area contributed by atoms with Crippen molar-refractivity contribution in [2.45, 2.75) is 6.42 Å². The maximum absolute atomic E-state index is 4.70. The van der Waals surface area contributed by atoms with Crippen molar-refractivity contribution in [1.29, 1.82) is 0 Å². The van der Waals surface area contributed by atoms with Gasteiger partial charge in [-0.25, -0.2) is 15.0 Å². The lowest BCUT2D eigenvalue weighted by Gasteiger charge is -2.08. The molecule has 0 unspecified atom stereocenters. The molecule has 0 atom stereocenters. The SMILES string of the molecule is c1ccc(Cc2nc(-c3ccccc3)nc(-c3ccccc3)n2)cc1. The van der Waals surface area contributed by atoms with Crippen LogP contribution in [0, 0.1) is 0 Å². The highest BCUT2D eigenvalue weighted by Crippen LogP contribution is 2.20. The second-order valence-corrected chi connectivity index (χ2v) is 5.79. The lowest BCUT2D eigenvalue weighted by atomic mass is 10.1. The van der Waals surface area contributed by atoms with Gasteiger partial charge in [0.25, 0.3) is 0 Å². The molecule has 1 aromatic heterocycles. The van der Waals surface area contributed by atoms with E-state index in [2.05, 4.69) is 12.1 Å². The second kappa shape index (κ2) is 7.05. The Morgan fingerprint density at radius 1 is 0.480 bits per heavy atom. The van der Waals surface area contributed by atoms with Crippen molar-refractivity contribution in [1.82, 2.24) is 15.0 Å². The van der Waals surface area contributed by atoms with Crippen LogP contribution in [0.4, 0.5) is 0 Å². The van der Waals surface area contributed by atoms with Crippen LogP contribution in [0.15, 0.2) is 91.0 Å². The van der Waals surface area contributed by atoms with Gasteiger partial charge in [0.15, 0.2) is 11.6 Å². The van der Waals surface area contributed by atoms with Gasteiger partial charge in [0.2, 0.25) is 0 Å². The Balaban J connectivity index is 1.80. The van der Waals surface area contributed by atoms with Crippen molar-refractivity contribution in [3.8, 4) is 22.8 Å². The zero-order valence-electron chi connectivity index (χ0n) is 13.7. The molecule has 0 radical (unpaired) electrons. The fourth-order valence-corrected chi connectivity index (χ4v) is 2.71. The average Bonchev–Trinajstić information content (AvgIpc) is 2.70. The summed E-state index contributed by atoms with van der Waals surface area (Å²) in [5.41, 5.74) is 3.18. The zero-order valence-corrected chi connectivity index (χ0v) is 13.7. The summed E-state index contributed by atoms with van der Waals surface area (Å²) in [7, 11) is 0. The Bertz CT molecular complexity index is 894. The van der Waals surface area contributed by atoms with Crippen LogP contribution in [-0.4, -0.2) is 15.0 Å². The van der Waals surface area contributed by atoms with E-state index in [1.807, 2.05) is 78.9 Å². The van der Waals surface area contributed by atoms with Gasteiger partial charge in [0, 0.05) is 17.5 Å². The van der Waals surface area contributed by atoms with E-state index in [1.54, 1.807) is 0 Å². The zero-order chi connectivity index (χ0) is 16.9. The molecular formula is C22H17N3. The number of hydrogen-bond donors (Lipinski definition) is 0. The summed E-state index contributed by atoms with van der Waals surface area (Å²) in [6, 6.07) is 30.3. The molecule has 0 amide bonds. The Labute approximate surface area is 147 Å². The van der Waals surface area contributed by atoms with Gasteiger partial charge in [-0.2, -0.15) is 0 Å². The van der Waals surface area contributed by atoms with Gasteiger partial charge in [-0.05, 0) is 5.56 Å². The minimum absolute atomic E-state index is 0.684. The summed E-state index contributed by atoms with van der Waals surface area (Å²) in [5, 5.41) is 0. The van der Waals surface area contributed by atoms with E-state index < -0.39 is 0 Å². The molecule has 3 aromatic carbocycles. The molecular weight excluding hydrogens is 306 g/mol. The molecule has 0 aliphatic rings. The largest absolute Gasteiger partial charge is 0.213 e. The molecule has 1 heterocycles. The smallest absolute Gasteiger partial charge is 0.163 e. The van der Waals surface area contributed by atoms with Crippen LogP contribution in [0.2, 0.25) is 0 Å². The third kappa shape index (κ3) is 3.61. The third-order valence-corrected chi connectivity index (χ3v) is 3.95. The highest BCUT2D eigenvalue weighted by atomic mass is 15.0. The van der Waals surface area contributed by atoms with Crippen molar-refractivity contribution in [3.05, 3.63) is 102 Å². The van der Waals surface area contributed by atoms with Crippen molar-refractivity contribution in [3.63, 3.8) is 0 Å². The van der Waals surface area contributed by atoms with Crippen LogP contribution >= 0.6 is 0 Å². The van der Waals surface area contributed by atoms with Crippen molar-refractivity contribution >= 4 is 0 Å². The van der Waals surface area contributed by atoms with Crippen molar-refractivity contribution in [2.24, 2.45) is 0 Å². The molecule has 3 heteroatoms. The predicted octanol–water partition coefficient (Wildman–Crippen LogP) is 4.80. The minimum atomic E-state index is 0.684. The highest BCUT2D eigenvalue weighted by molar-refractivity contribution is 5.60. The van der Waals surface area contributed by atoms with Gasteiger partial charge in [-0.15, -0.1) is 0 Å². The fourth-order valence-electron chi connectivity index (χ4n) is 2.71.